The van der Waals surface area contributed by atoms with Crippen molar-refractivity contribution in [1.29, 1.82) is 0 Å². The van der Waals surface area contributed by atoms with Gasteiger partial charge in [-0.05, 0) is 96.2 Å². The van der Waals surface area contributed by atoms with Crippen LogP contribution in [0.1, 0.15) is 83.1 Å². The zero-order chi connectivity index (χ0) is 35.5. The van der Waals surface area contributed by atoms with Crippen LogP contribution >= 0.6 is 0 Å². The summed E-state index contributed by atoms with van der Waals surface area (Å²) in [6.45, 7) is 27.9. The number of rotatable bonds is 30. The fraction of sp³-hybridized carbons (Fsp3) is 1.00. The van der Waals surface area contributed by atoms with Gasteiger partial charge in [0.15, 0.2) is 0 Å². The molecule has 0 amide bonds. The molecule has 0 aliphatic heterocycles. The summed E-state index contributed by atoms with van der Waals surface area (Å²) in [7, 11) is -21.4. The Hall–Kier alpha value is 0.564. The molecule has 0 atom stereocenters. The first-order valence-corrected chi connectivity index (χ1v) is 27.2. The molecular weight excluding hydrogens is 685 g/mol. The molecule has 0 saturated heterocycles. The summed E-state index contributed by atoms with van der Waals surface area (Å²) in [4.78, 5) is 16.1. The van der Waals surface area contributed by atoms with Gasteiger partial charge in [0.05, 0.1) is 0 Å². The molecule has 0 aromatic rings. The molecule has 0 aliphatic carbocycles. The summed E-state index contributed by atoms with van der Waals surface area (Å²) >= 11 is 0. The summed E-state index contributed by atoms with van der Waals surface area (Å²) in [5.41, 5.74) is 0. The first-order valence-electron chi connectivity index (χ1n) is 17.2. The van der Waals surface area contributed by atoms with E-state index in [2.05, 4.69) is 0 Å². The van der Waals surface area contributed by atoms with Gasteiger partial charge >= 0.3 is 35.2 Å². The lowest BCUT2D eigenvalue weighted by atomic mass is 10.8. The lowest BCUT2D eigenvalue weighted by molar-refractivity contribution is -0.00764. The highest BCUT2D eigenvalue weighted by molar-refractivity contribution is 7.09. The van der Waals surface area contributed by atoms with E-state index in [0.29, 0.717) is 0 Å². The summed E-state index contributed by atoms with van der Waals surface area (Å²) < 4.78 is 79.7. The third kappa shape index (κ3) is 9.66. The smallest absolute Gasteiger partial charge is 0.374 e. The Morgan fingerprint density at radius 2 is 0.543 bits per heavy atom. The highest BCUT2D eigenvalue weighted by Crippen LogP contribution is 2.68. The third-order valence-electron chi connectivity index (χ3n) is 7.13. The van der Waals surface area contributed by atoms with E-state index in [9.17, 15) is 0 Å². The predicted octanol–water partition coefficient (Wildman–Crippen LogP) is 5.54. The van der Waals surface area contributed by atoms with Crippen LogP contribution in [0.4, 0.5) is 0 Å². The van der Waals surface area contributed by atoms with Crippen molar-refractivity contribution in [2.45, 2.75) is 106 Å². The highest BCUT2D eigenvalue weighted by atomic mass is 28.5. The van der Waals surface area contributed by atoms with Gasteiger partial charge in [0, 0.05) is 79.3 Å². The Bertz CT molecular complexity index is 673. The molecular formula is C28H67O13Si5. The van der Waals surface area contributed by atoms with Gasteiger partial charge in [-0.25, -0.2) is 0 Å². The molecule has 0 fully saturated rings. The molecule has 0 saturated carbocycles. The molecule has 0 heterocycles. The van der Waals surface area contributed by atoms with Crippen molar-refractivity contribution in [1.82, 2.24) is 0 Å². The zero-order valence-corrected chi connectivity index (χ0v) is 36.4. The summed E-state index contributed by atoms with van der Waals surface area (Å²) in [6, 6.07) is 0. The van der Waals surface area contributed by atoms with E-state index in [1.54, 1.807) is 13.1 Å². The van der Waals surface area contributed by atoms with E-state index in [1.165, 1.54) is 0 Å². The van der Waals surface area contributed by atoms with E-state index in [4.69, 9.17) is 53.1 Å². The number of hydrogen-bond donors (Lipinski definition) is 0. The van der Waals surface area contributed by atoms with Crippen LogP contribution in [0.15, 0.2) is 0 Å². The fourth-order valence-electron chi connectivity index (χ4n) is 6.40. The van der Waals surface area contributed by atoms with Crippen LogP contribution in [0.5, 0.6) is 0 Å². The molecule has 277 valence electrons. The van der Waals surface area contributed by atoms with Crippen LogP contribution in [0.3, 0.4) is 0 Å². The van der Waals surface area contributed by atoms with E-state index in [1.807, 2.05) is 83.1 Å². The molecule has 46 heavy (non-hydrogen) atoms. The summed E-state index contributed by atoms with van der Waals surface area (Å²) in [5.74, 6) is 0. The Morgan fingerprint density at radius 3 is 0.674 bits per heavy atom. The van der Waals surface area contributed by atoms with Crippen molar-refractivity contribution in [3.8, 4) is 0 Å². The van der Waals surface area contributed by atoms with E-state index >= 15 is 4.80 Å². The molecule has 0 bridgehead atoms. The average molecular weight is 752 g/mol. The topological polar surface area (TPSA) is 131 Å². The standard InChI is InChI=1S/C28H67O13Si5/c1-15-30-43(31-16-2,32-17-3)27(44(33-18-4,34-19-5)35-20-6)28(42(13,14)29,45(36-21-7,37-22-8)38-23-9)46(39-24-10,40-25-11)41-26-12/h27H,15-26H2,1-14H3. The maximum atomic E-state index is 16.1. The minimum Gasteiger partial charge on any atom is -0.374 e. The first kappa shape index (κ1) is 46.6. The van der Waals surface area contributed by atoms with Gasteiger partial charge in [0.25, 0.3) is 0 Å². The van der Waals surface area contributed by atoms with Gasteiger partial charge in [-0.3, -0.25) is 4.80 Å². The molecule has 0 aromatic heterocycles. The van der Waals surface area contributed by atoms with Crippen molar-refractivity contribution in [3.05, 3.63) is 0 Å². The molecule has 1 radical (unpaired) electrons. The van der Waals surface area contributed by atoms with Crippen LogP contribution in [0, 0.1) is 0 Å². The van der Waals surface area contributed by atoms with E-state index < -0.39 is 53.0 Å². The van der Waals surface area contributed by atoms with Gasteiger partial charge in [0.2, 0.25) is 8.32 Å². The summed E-state index contributed by atoms with van der Waals surface area (Å²) in [5, 5.41) is -1.18. The molecule has 0 N–H and O–H groups in total. The fourth-order valence-corrected chi connectivity index (χ4v) is 37.5. The zero-order valence-electron chi connectivity index (χ0n) is 31.4. The van der Waals surface area contributed by atoms with Crippen molar-refractivity contribution in [2.24, 2.45) is 0 Å². The molecule has 0 spiro atoms. The van der Waals surface area contributed by atoms with Crippen LogP contribution in [0.25, 0.3) is 0 Å². The van der Waals surface area contributed by atoms with Gasteiger partial charge in [-0.1, -0.05) is 0 Å². The Morgan fingerprint density at radius 1 is 0.370 bits per heavy atom. The van der Waals surface area contributed by atoms with Crippen LogP contribution in [0.2, 0.25) is 22.5 Å². The Balaban J connectivity index is 9.70. The molecule has 13 nitrogen and oxygen atoms in total. The first-order chi connectivity index (χ1) is 21.8. The van der Waals surface area contributed by atoms with Crippen LogP contribution in [-0.4, -0.2) is 123 Å². The average Bonchev–Trinajstić information content (AvgIpc) is 2.96. The minimum absolute atomic E-state index is 0.166. The second-order valence-corrected chi connectivity index (χ2v) is 27.0. The lowest BCUT2D eigenvalue weighted by Crippen LogP contribution is -2.85. The molecule has 18 heteroatoms. The maximum absolute atomic E-state index is 16.1. The second kappa shape index (κ2) is 22.4. The van der Waals surface area contributed by atoms with E-state index in [-0.39, 0.29) is 79.3 Å². The van der Waals surface area contributed by atoms with Crippen LogP contribution in [-0.2, 0) is 57.9 Å². The molecule has 0 aliphatic rings. The maximum Gasteiger partial charge on any atom is 0.511 e. The SMILES string of the molecule is CCO[Si](OCC)(OCC)C(C([Si](C)(C)[O])([Si](OCC)(OCC)OCC)[Si](OCC)(OCC)OCC)[Si](OCC)(OCC)OCC. The Kier molecular flexibility index (Phi) is 22.7. The summed E-state index contributed by atoms with van der Waals surface area (Å²) in [6.07, 6.45) is 0. The van der Waals surface area contributed by atoms with Gasteiger partial charge in [-0.15, -0.1) is 0 Å². The highest BCUT2D eigenvalue weighted by Gasteiger charge is 2.94. The third-order valence-corrected chi connectivity index (χ3v) is 33.4. The van der Waals surface area contributed by atoms with Crippen molar-refractivity contribution in [3.63, 3.8) is 0 Å². The van der Waals surface area contributed by atoms with Gasteiger partial charge < -0.3 is 53.1 Å². The normalized spacial score (nSPS) is 14.1. The predicted molar refractivity (Wildman–Crippen MR) is 187 cm³/mol. The minimum atomic E-state index is -4.39. The monoisotopic (exact) mass is 751 g/mol. The van der Waals surface area contributed by atoms with Gasteiger partial charge in [-0.2, -0.15) is 0 Å². The molecule has 0 unspecified atom stereocenters. The quantitative estimate of drug-likeness (QED) is 0.0854. The van der Waals surface area contributed by atoms with Crippen molar-refractivity contribution < 1.29 is 57.9 Å². The van der Waals surface area contributed by atoms with Gasteiger partial charge in [0.1, 0.15) is 9.45 Å². The van der Waals surface area contributed by atoms with E-state index in [0.717, 1.165) is 0 Å². The van der Waals surface area contributed by atoms with Crippen LogP contribution < -0.4 is 0 Å². The number of hydrogen-bond acceptors (Lipinski definition) is 12. The largest absolute Gasteiger partial charge is 0.511 e. The van der Waals surface area contributed by atoms with Crippen molar-refractivity contribution in [2.75, 3.05) is 79.3 Å². The van der Waals surface area contributed by atoms with Crippen molar-refractivity contribution >= 4 is 43.5 Å². The second-order valence-electron chi connectivity index (χ2n) is 10.3. The lowest BCUT2D eigenvalue weighted by Gasteiger charge is -2.60. The Labute approximate surface area is 285 Å². The molecule has 0 aromatic carbocycles. The molecule has 0 rings (SSSR count).